The summed E-state index contributed by atoms with van der Waals surface area (Å²) in [5, 5.41) is 12.3. The van der Waals surface area contributed by atoms with Gasteiger partial charge >= 0.3 is 6.09 Å². The first-order valence-electron chi connectivity index (χ1n) is 14.0. The SMILES string of the molecule is CC(C)(C)OC(=O)NCCCCN1CCCn2nc(C(=O)Nc3nc4ccc(NS(=O)(=O)c5cccs5)cc4s3)cc2C1. The van der Waals surface area contributed by atoms with Crippen molar-refractivity contribution in [1.82, 2.24) is 25.0 Å². The Labute approximate surface area is 258 Å². The second-order valence-corrected chi connectivity index (χ2v) is 15.1. The summed E-state index contributed by atoms with van der Waals surface area (Å²) in [5.41, 5.74) is 1.85. The number of amides is 2. The van der Waals surface area contributed by atoms with Gasteiger partial charge in [-0.25, -0.2) is 18.2 Å². The Morgan fingerprint density at radius 3 is 2.72 bits per heavy atom. The van der Waals surface area contributed by atoms with E-state index in [1.54, 1.807) is 35.7 Å². The van der Waals surface area contributed by atoms with Gasteiger partial charge in [0.05, 0.1) is 21.6 Å². The van der Waals surface area contributed by atoms with E-state index >= 15 is 0 Å². The number of ether oxygens (including phenoxy) is 1. The standard InChI is InChI=1S/C28H35N7O5S3/c1-28(2,3)40-27(37)29-11-4-5-12-34-13-7-14-35-20(18-34)17-22(32-35)25(36)31-26-30-21-10-9-19(16-23(21)42-26)33-43(38,39)24-8-6-15-41-24/h6,8-10,15-17,33H,4-5,7,11-14,18H2,1-3H3,(H,29,37)(H,30,31,36). The van der Waals surface area contributed by atoms with Gasteiger partial charge < -0.3 is 10.1 Å². The number of carbonyl (C=O) groups is 2. The summed E-state index contributed by atoms with van der Waals surface area (Å²) in [6, 6.07) is 10.1. The third-order valence-electron chi connectivity index (χ3n) is 6.52. The van der Waals surface area contributed by atoms with E-state index in [2.05, 4.69) is 30.3 Å². The van der Waals surface area contributed by atoms with Crippen LogP contribution in [0.3, 0.4) is 0 Å². The molecule has 0 radical (unpaired) electrons. The van der Waals surface area contributed by atoms with Gasteiger partial charge in [0.15, 0.2) is 10.8 Å². The highest BCUT2D eigenvalue weighted by molar-refractivity contribution is 7.94. The lowest BCUT2D eigenvalue weighted by atomic mass is 10.2. The number of carbonyl (C=O) groups excluding carboxylic acids is 2. The van der Waals surface area contributed by atoms with Crippen LogP contribution in [0.1, 0.15) is 56.2 Å². The number of rotatable bonds is 10. The third-order valence-corrected chi connectivity index (χ3v) is 10.2. The van der Waals surface area contributed by atoms with Crippen molar-refractivity contribution in [3.05, 3.63) is 53.2 Å². The second-order valence-electron chi connectivity index (χ2n) is 11.2. The minimum Gasteiger partial charge on any atom is -0.444 e. The van der Waals surface area contributed by atoms with Crippen molar-refractivity contribution >= 4 is 65.7 Å². The van der Waals surface area contributed by atoms with Crippen LogP contribution >= 0.6 is 22.7 Å². The Kier molecular flexibility index (Phi) is 9.34. The number of sulfonamides is 1. The first kappa shape index (κ1) is 30.9. The van der Waals surface area contributed by atoms with Gasteiger partial charge in [0.1, 0.15) is 9.81 Å². The molecule has 0 saturated heterocycles. The zero-order valence-electron chi connectivity index (χ0n) is 24.3. The number of hydrogen-bond donors (Lipinski definition) is 3. The van der Waals surface area contributed by atoms with E-state index in [1.807, 2.05) is 31.5 Å². The van der Waals surface area contributed by atoms with E-state index in [9.17, 15) is 18.0 Å². The molecule has 1 aliphatic heterocycles. The van der Waals surface area contributed by atoms with E-state index in [0.29, 0.717) is 35.1 Å². The number of fused-ring (bicyclic) bond motifs is 2. The molecular weight excluding hydrogens is 611 g/mol. The molecule has 3 aromatic heterocycles. The first-order valence-corrected chi connectivity index (χ1v) is 17.2. The average Bonchev–Trinajstić information content (AvgIpc) is 3.66. The van der Waals surface area contributed by atoms with Crippen molar-refractivity contribution in [1.29, 1.82) is 0 Å². The van der Waals surface area contributed by atoms with Gasteiger partial charge in [-0.3, -0.25) is 24.4 Å². The molecule has 0 fully saturated rings. The fourth-order valence-corrected chi connectivity index (χ4v) is 7.56. The summed E-state index contributed by atoms with van der Waals surface area (Å²) >= 11 is 2.41. The van der Waals surface area contributed by atoms with Crippen LogP contribution in [0.4, 0.5) is 15.6 Å². The number of thiophene rings is 1. The molecular formula is C28H35N7O5S3. The number of unbranched alkanes of at least 4 members (excludes halogenated alkanes) is 1. The van der Waals surface area contributed by atoms with E-state index in [1.165, 1.54) is 11.3 Å². The molecule has 0 spiro atoms. The summed E-state index contributed by atoms with van der Waals surface area (Å²) in [6.45, 7) is 9.29. The highest BCUT2D eigenvalue weighted by Crippen LogP contribution is 2.30. The Balaban J connectivity index is 1.14. The summed E-state index contributed by atoms with van der Waals surface area (Å²) in [6.07, 6.45) is 2.28. The molecule has 0 aliphatic carbocycles. The van der Waals surface area contributed by atoms with E-state index in [4.69, 9.17) is 4.74 Å². The number of nitrogens with zero attached hydrogens (tertiary/aromatic N) is 4. The van der Waals surface area contributed by atoms with Crippen molar-refractivity contribution < 1.29 is 22.7 Å². The maximum Gasteiger partial charge on any atom is 0.407 e. The summed E-state index contributed by atoms with van der Waals surface area (Å²) in [5.74, 6) is -0.349. The third kappa shape index (κ3) is 8.31. The zero-order chi connectivity index (χ0) is 30.6. The average molecular weight is 646 g/mol. The minimum atomic E-state index is -3.66. The lowest BCUT2D eigenvalue weighted by molar-refractivity contribution is 0.0526. The first-order chi connectivity index (χ1) is 20.4. The second kappa shape index (κ2) is 13.0. The number of aromatic nitrogens is 3. The normalized spacial score (nSPS) is 14.2. The topological polar surface area (TPSA) is 148 Å². The van der Waals surface area contributed by atoms with Gasteiger partial charge in [-0.2, -0.15) is 5.10 Å². The molecule has 1 aliphatic rings. The molecule has 4 aromatic rings. The van der Waals surface area contributed by atoms with Gasteiger partial charge in [0.25, 0.3) is 15.9 Å². The molecule has 12 nitrogen and oxygen atoms in total. The molecule has 1 aromatic carbocycles. The molecule has 43 heavy (non-hydrogen) atoms. The predicted octanol–water partition coefficient (Wildman–Crippen LogP) is 5.12. The Bertz CT molecular complexity index is 1690. The van der Waals surface area contributed by atoms with Crippen LogP contribution in [0.25, 0.3) is 10.2 Å². The fraction of sp³-hybridized carbons (Fsp3) is 0.429. The van der Waals surface area contributed by atoms with E-state index in [-0.39, 0.29) is 10.1 Å². The number of benzene rings is 1. The molecule has 0 bridgehead atoms. The van der Waals surface area contributed by atoms with Gasteiger partial charge in [-0.15, -0.1) is 11.3 Å². The quantitative estimate of drug-likeness (QED) is 0.202. The fourth-order valence-electron chi connectivity index (χ4n) is 4.62. The number of alkyl carbamates (subject to hydrolysis) is 1. The predicted molar refractivity (Wildman–Crippen MR) is 168 cm³/mol. The lowest BCUT2D eigenvalue weighted by Gasteiger charge is -2.20. The summed E-state index contributed by atoms with van der Waals surface area (Å²) in [7, 11) is -3.66. The largest absolute Gasteiger partial charge is 0.444 e. The van der Waals surface area contributed by atoms with Crippen LogP contribution in [0.5, 0.6) is 0 Å². The van der Waals surface area contributed by atoms with Crippen molar-refractivity contribution in [2.45, 2.75) is 62.9 Å². The molecule has 3 N–H and O–H groups in total. The molecule has 0 atom stereocenters. The molecule has 2 amide bonds. The van der Waals surface area contributed by atoms with Crippen LogP contribution < -0.4 is 15.4 Å². The number of nitrogens with one attached hydrogen (secondary N) is 3. The number of aryl methyl sites for hydroxylation is 1. The summed E-state index contributed by atoms with van der Waals surface area (Å²) < 4.78 is 35.9. The number of hydrogen-bond acceptors (Lipinski definition) is 10. The van der Waals surface area contributed by atoms with Crippen LogP contribution in [-0.2, 0) is 27.8 Å². The molecule has 4 heterocycles. The van der Waals surface area contributed by atoms with Crippen LogP contribution in [0, 0.1) is 0 Å². The Morgan fingerprint density at radius 1 is 1.12 bits per heavy atom. The van der Waals surface area contributed by atoms with Crippen molar-refractivity contribution in [3.63, 3.8) is 0 Å². The van der Waals surface area contributed by atoms with Crippen molar-refractivity contribution in [2.24, 2.45) is 0 Å². The maximum absolute atomic E-state index is 13.1. The Morgan fingerprint density at radius 2 is 1.95 bits per heavy atom. The number of anilines is 2. The Hall–Kier alpha value is -3.53. The van der Waals surface area contributed by atoms with Crippen LogP contribution in [0.15, 0.2) is 46.0 Å². The molecule has 230 valence electrons. The van der Waals surface area contributed by atoms with E-state index < -0.39 is 21.7 Å². The summed E-state index contributed by atoms with van der Waals surface area (Å²) in [4.78, 5) is 31.7. The maximum atomic E-state index is 13.1. The zero-order valence-corrected chi connectivity index (χ0v) is 26.7. The van der Waals surface area contributed by atoms with Gasteiger partial charge in [-0.1, -0.05) is 17.4 Å². The highest BCUT2D eigenvalue weighted by Gasteiger charge is 2.21. The van der Waals surface area contributed by atoms with Crippen LogP contribution in [0.2, 0.25) is 0 Å². The van der Waals surface area contributed by atoms with Crippen LogP contribution in [-0.4, -0.2) is 65.3 Å². The molecule has 0 unspecified atom stereocenters. The monoisotopic (exact) mass is 645 g/mol. The highest BCUT2D eigenvalue weighted by atomic mass is 32.2. The number of thiazole rings is 1. The van der Waals surface area contributed by atoms with Crippen molar-refractivity contribution in [2.75, 3.05) is 29.7 Å². The molecule has 15 heteroatoms. The van der Waals surface area contributed by atoms with Gasteiger partial charge in [0, 0.05) is 26.2 Å². The van der Waals surface area contributed by atoms with Gasteiger partial charge in [0.2, 0.25) is 0 Å². The minimum absolute atomic E-state index is 0.235. The molecule has 5 rings (SSSR count). The van der Waals surface area contributed by atoms with Gasteiger partial charge in [-0.05, 0) is 82.3 Å². The smallest absolute Gasteiger partial charge is 0.407 e. The van der Waals surface area contributed by atoms with Crippen molar-refractivity contribution in [3.8, 4) is 0 Å². The lowest BCUT2D eigenvalue weighted by Crippen LogP contribution is -2.33. The molecule has 0 saturated carbocycles. The van der Waals surface area contributed by atoms with E-state index in [0.717, 1.165) is 60.6 Å².